The van der Waals surface area contributed by atoms with E-state index in [1.54, 1.807) is 6.92 Å². The average Bonchev–Trinajstić information content (AvgIpc) is 2.37. The molecule has 0 aromatic heterocycles. The molecule has 1 aromatic carbocycles. The van der Waals surface area contributed by atoms with Crippen molar-refractivity contribution in [2.24, 2.45) is 0 Å². The zero-order chi connectivity index (χ0) is 16.1. The monoisotopic (exact) mass is 317 g/mol. The second-order valence-corrected chi connectivity index (χ2v) is 10.9. The molecule has 1 rings (SSSR count). The summed E-state index contributed by atoms with van der Waals surface area (Å²) in [7, 11) is -2.02. The summed E-state index contributed by atoms with van der Waals surface area (Å²) in [5, 5.41) is 0.950. The van der Waals surface area contributed by atoms with Gasteiger partial charge in [0.05, 0.1) is 14.7 Å². The van der Waals surface area contributed by atoms with Crippen molar-refractivity contribution >= 4 is 8.07 Å². The summed E-state index contributed by atoms with van der Waals surface area (Å²) in [6.45, 7) is 7.50. The average molecular weight is 317 g/mol. The summed E-state index contributed by atoms with van der Waals surface area (Å²) in [6, 6.07) is 9.16. The lowest BCUT2D eigenvalue weighted by atomic mass is 10.2. The van der Waals surface area contributed by atoms with Crippen LogP contribution in [-0.2, 0) is 11.4 Å². The van der Waals surface area contributed by atoms with Gasteiger partial charge in [0, 0.05) is 6.54 Å². The summed E-state index contributed by atoms with van der Waals surface area (Å²) >= 11 is 0. The molecule has 0 unspecified atom stereocenters. The first kappa shape index (κ1) is 17.8. The van der Waals surface area contributed by atoms with Gasteiger partial charge in [-0.15, -0.1) is 0 Å². The van der Waals surface area contributed by atoms with E-state index in [1.165, 1.54) is 5.70 Å². The van der Waals surface area contributed by atoms with E-state index in [4.69, 9.17) is 4.84 Å². The highest BCUT2D eigenvalue weighted by Crippen LogP contribution is 2.30. The predicted octanol–water partition coefficient (Wildman–Crippen LogP) is 4.76. The SMILES string of the molecule is CCN(OCc1ccccc1)/C(=C\[Si](C)(C)C)C(F)(F)F. The maximum Gasteiger partial charge on any atom is 0.432 e. The number of hydrogen-bond donors (Lipinski definition) is 0. The van der Waals surface area contributed by atoms with E-state index < -0.39 is 19.9 Å². The summed E-state index contributed by atoms with van der Waals surface area (Å²) in [4.78, 5) is 5.38. The first-order valence-electron chi connectivity index (χ1n) is 6.88. The molecule has 0 fully saturated rings. The maximum absolute atomic E-state index is 13.2. The van der Waals surface area contributed by atoms with Gasteiger partial charge in [-0.25, -0.2) is 5.06 Å². The highest BCUT2D eigenvalue weighted by molar-refractivity contribution is 6.81. The minimum absolute atomic E-state index is 0.119. The van der Waals surface area contributed by atoms with Crippen molar-refractivity contribution in [3.05, 3.63) is 47.3 Å². The molecule has 2 nitrogen and oxygen atoms in total. The van der Waals surface area contributed by atoms with Gasteiger partial charge < -0.3 is 0 Å². The molecule has 0 aliphatic carbocycles. The molecule has 0 heterocycles. The Balaban J connectivity index is 2.90. The van der Waals surface area contributed by atoms with Crippen LogP contribution < -0.4 is 0 Å². The second kappa shape index (κ2) is 7.13. The van der Waals surface area contributed by atoms with Crippen molar-refractivity contribution in [1.29, 1.82) is 0 Å². The van der Waals surface area contributed by atoms with Crippen LogP contribution in [0.5, 0.6) is 0 Å². The molecule has 0 atom stereocenters. The summed E-state index contributed by atoms with van der Waals surface area (Å²) in [5.41, 5.74) is 1.48. The highest BCUT2D eigenvalue weighted by atomic mass is 28.3. The third-order valence-electron chi connectivity index (χ3n) is 2.65. The van der Waals surface area contributed by atoms with E-state index in [1.807, 2.05) is 50.0 Å². The number of hydrogen-bond acceptors (Lipinski definition) is 2. The van der Waals surface area contributed by atoms with E-state index in [-0.39, 0.29) is 13.2 Å². The number of benzene rings is 1. The Hall–Kier alpha value is -1.27. The Bertz CT molecular complexity index is 466. The highest BCUT2D eigenvalue weighted by Gasteiger charge is 2.39. The fourth-order valence-electron chi connectivity index (χ4n) is 1.76. The van der Waals surface area contributed by atoms with E-state index >= 15 is 0 Å². The molecule has 0 saturated carbocycles. The van der Waals surface area contributed by atoms with Crippen molar-refractivity contribution in [3.8, 4) is 0 Å². The Kier molecular flexibility index (Phi) is 6.04. The number of halogens is 3. The minimum Gasteiger partial charge on any atom is -0.269 e. The van der Waals surface area contributed by atoms with Gasteiger partial charge in [-0.05, 0) is 12.5 Å². The summed E-state index contributed by atoms with van der Waals surface area (Å²) in [6.07, 6.45) is -4.41. The number of allylic oxidation sites excluding steroid dienone is 1. The first-order valence-corrected chi connectivity index (χ1v) is 10.5. The number of nitrogens with zero attached hydrogens (tertiary/aromatic N) is 1. The molecule has 0 saturated heterocycles. The van der Waals surface area contributed by atoms with E-state index in [0.717, 1.165) is 10.6 Å². The van der Waals surface area contributed by atoms with Crippen molar-refractivity contribution < 1.29 is 18.0 Å². The lowest BCUT2D eigenvalue weighted by Crippen LogP contribution is -2.34. The van der Waals surface area contributed by atoms with Gasteiger partial charge in [-0.3, -0.25) is 4.84 Å². The standard InChI is InChI=1S/C15H22F3NOSi/c1-5-19(20-11-13-9-7-6-8-10-13)14(15(16,17)18)12-21(2,3)4/h6-10,12H,5,11H2,1-4H3/b14-12-. The molecule has 0 aliphatic rings. The molecule has 0 radical (unpaired) electrons. The molecule has 118 valence electrons. The van der Waals surface area contributed by atoms with Crippen LogP contribution in [-0.4, -0.2) is 25.9 Å². The molecule has 0 N–H and O–H groups in total. The number of rotatable bonds is 6. The second-order valence-electron chi connectivity index (χ2n) is 5.85. The van der Waals surface area contributed by atoms with Crippen molar-refractivity contribution in [2.45, 2.75) is 39.3 Å². The van der Waals surface area contributed by atoms with Crippen LogP contribution in [0.15, 0.2) is 41.7 Å². The molecule has 0 aliphatic heterocycles. The van der Waals surface area contributed by atoms with Crippen molar-refractivity contribution in [1.82, 2.24) is 5.06 Å². The van der Waals surface area contributed by atoms with Crippen LogP contribution in [0.2, 0.25) is 19.6 Å². The molecular weight excluding hydrogens is 295 g/mol. The van der Waals surface area contributed by atoms with Gasteiger partial charge in [-0.1, -0.05) is 55.7 Å². The van der Waals surface area contributed by atoms with Gasteiger partial charge in [-0.2, -0.15) is 13.2 Å². The van der Waals surface area contributed by atoms with E-state index in [0.29, 0.717) is 0 Å². The van der Waals surface area contributed by atoms with Gasteiger partial charge >= 0.3 is 6.18 Å². The van der Waals surface area contributed by atoms with Crippen LogP contribution in [0, 0.1) is 0 Å². The molecule has 1 aromatic rings. The Morgan fingerprint density at radius 1 is 1.19 bits per heavy atom. The van der Waals surface area contributed by atoms with Gasteiger partial charge in [0.25, 0.3) is 0 Å². The Morgan fingerprint density at radius 2 is 1.76 bits per heavy atom. The lowest BCUT2D eigenvalue weighted by Gasteiger charge is -2.28. The maximum atomic E-state index is 13.2. The molecule has 21 heavy (non-hydrogen) atoms. The third-order valence-corrected chi connectivity index (χ3v) is 3.79. The fourth-order valence-corrected chi connectivity index (χ4v) is 2.89. The van der Waals surface area contributed by atoms with Crippen LogP contribution in [0.4, 0.5) is 13.2 Å². The molecular formula is C15H22F3NOSi. The van der Waals surface area contributed by atoms with Gasteiger partial charge in [0.15, 0.2) is 0 Å². The minimum atomic E-state index is -4.41. The zero-order valence-corrected chi connectivity index (χ0v) is 13.9. The van der Waals surface area contributed by atoms with Crippen LogP contribution in [0.25, 0.3) is 0 Å². The smallest absolute Gasteiger partial charge is 0.269 e. The lowest BCUT2D eigenvalue weighted by molar-refractivity contribution is -0.199. The quantitative estimate of drug-likeness (QED) is 0.554. The normalized spacial score (nSPS) is 13.4. The van der Waals surface area contributed by atoms with Crippen molar-refractivity contribution in [3.63, 3.8) is 0 Å². The Labute approximate surface area is 125 Å². The number of alkyl halides is 3. The topological polar surface area (TPSA) is 12.5 Å². The van der Waals surface area contributed by atoms with Crippen LogP contribution in [0.1, 0.15) is 12.5 Å². The van der Waals surface area contributed by atoms with Crippen LogP contribution in [0.3, 0.4) is 0 Å². The van der Waals surface area contributed by atoms with E-state index in [9.17, 15) is 13.2 Å². The number of hydroxylamine groups is 2. The molecule has 0 amide bonds. The molecule has 6 heteroatoms. The zero-order valence-electron chi connectivity index (χ0n) is 12.9. The molecule has 0 bridgehead atoms. The predicted molar refractivity (Wildman–Crippen MR) is 81.1 cm³/mol. The van der Waals surface area contributed by atoms with Crippen LogP contribution >= 0.6 is 0 Å². The summed E-state index contributed by atoms with van der Waals surface area (Å²) in [5.74, 6) is 0. The van der Waals surface area contributed by atoms with Crippen molar-refractivity contribution in [2.75, 3.05) is 6.54 Å². The summed E-state index contributed by atoms with van der Waals surface area (Å²) < 4.78 is 39.7. The van der Waals surface area contributed by atoms with Gasteiger partial charge in [0.2, 0.25) is 0 Å². The Morgan fingerprint density at radius 3 is 2.19 bits per heavy atom. The van der Waals surface area contributed by atoms with E-state index in [2.05, 4.69) is 0 Å². The molecule has 0 spiro atoms. The third kappa shape index (κ3) is 6.35. The fraction of sp³-hybridized carbons (Fsp3) is 0.467. The largest absolute Gasteiger partial charge is 0.432 e. The van der Waals surface area contributed by atoms with Gasteiger partial charge in [0.1, 0.15) is 5.70 Å². The first-order chi connectivity index (χ1) is 9.63.